The number of carbonyl (C=O) groups excluding carboxylic acids is 1. The lowest BCUT2D eigenvalue weighted by molar-refractivity contribution is 0.0991. The number of ketones is 1. The van der Waals surface area contributed by atoms with E-state index in [0.29, 0.717) is 5.56 Å². The van der Waals surface area contributed by atoms with Gasteiger partial charge in [0.1, 0.15) is 17.0 Å². The van der Waals surface area contributed by atoms with E-state index in [1.54, 1.807) is 24.1 Å². The molecule has 0 aromatic carbocycles. The first-order valence-corrected chi connectivity index (χ1v) is 11.0. The van der Waals surface area contributed by atoms with Gasteiger partial charge in [0.25, 0.3) is 0 Å². The summed E-state index contributed by atoms with van der Waals surface area (Å²) in [6.07, 6.45) is 5.42. The number of nitrogens with zero attached hydrogens (tertiary/aromatic N) is 7. The molecule has 1 fully saturated rings. The number of aromatic nitrogens is 5. The Labute approximate surface area is 183 Å². The normalized spacial score (nSPS) is 14.8. The first kappa shape index (κ1) is 19.7. The highest BCUT2D eigenvalue weighted by Gasteiger charge is 2.16. The minimum Gasteiger partial charge on any atom is -0.354 e. The molecule has 9 heteroatoms. The Balaban J connectivity index is 1.31. The smallest absolute Gasteiger partial charge is 0.170 e. The molecule has 4 aromatic heterocycles. The molecule has 1 aliphatic rings. The number of hydrogen-bond donors (Lipinski definition) is 0. The zero-order valence-corrected chi connectivity index (χ0v) is 17.9. The molecule has 0 bridgehead atoms. The summed E-state index contributed by atoms with van der Waals surface area (Å²) in [6.45, 7) is 3.94. The summed E-state index contributed by atoms with van der Waals surface area (Å²) in [7, 11) is 2.13. The van der Waals surface area contributed by atoms with E-state index in [1.165, 1.54) is 11.3 Å². The molecular formula is C22H21N7OS. The molecular weight excluding hydrogens is 410 g/mol. The predicted molar refractivity (Wildman–Crippen MR) is 120 cm³/mol. The third-order valence-electron chi connectivity index (χ3n) is 5.48. The van der Waals surface area contributed by atoms with Gasteiger partial charge in [0.2, 0.25) is 0 Å². The maximum absolute atomic E-state index is 12.8. The topological polar surface area (TPSA) is 88.0 Å². The second-order valence-corrected chi connectivity index (χ2v) is 8.46. The monoisotopic (exact) mass is 431 g/mol. The van der Waals surface area contributed by atoms with Gasteiger partial charge in [-0.25, -0.2) is 4.98 Å². The highest BCUT2D eigenvalue weighted by atomic mass is 32.1. The van der Waals surface area contributed by atoms with E-state index in [2.05, 4.69) is 42.0 Å². The molecule has 0 atom stereocenters. The first-order chi connectivity index (χ1) is 15.2. The number of pyridine rings is 3. The predicted octanol–water partition coefficient (Wildman–Crippen LogP) is 2.72. The molecule has 5 rings (SSSR count). The average Bonchev–Trinajstić information content (AvgIpc) is 3.34. The van der Waals surface area contributed by atoms with Gasteiger partial charge in [-0.1, -0.05) is 11.3 Å². The zero-order chi connectivity index (χ0) is 21.2. The van der Waals surface area contributed by atoms with Gasteiger partial charge < -0.3 is 9.80 Å². The maximum Gasteiger partial charge on any atom is 0.170 e. The van der Waals surface area contributed by atoms with Gasteiger partial charge in [-0.3, -0.25) is 14.8 Å². The third kappa shape index (κ3) is 4.28. The van der Waals surface area contributed by atoms with Gasteiger partial charge in [-0.05, 0) is 36.7 Å². The van der Waals surface area contributed by atoms with Gasteiger partial charge in [-0.2, -0.15) is 0 Å². The molecule has 0 aliphatic carbocycles. The van der Waals surface area contributed by atoms with Crippen LogP contribution in [0.1, 0.15) is 16.1 Å². The third-order valence-corrected chi connectivity index (χ3v) is 6.19. The largest absolute Gasteiger partial charge is 0.354 e. The fourth-order valence-corrected chi connectivity index (χ4v) is 4.14. The lowest BCUT2D eigenvalue weighted by atomic mass is 10.1. The number of rotatable bonds is 5. The van der Waals surface area contributed by atoms with E-state index >= 15 is 0 Å². The van der Waals surface area contributed by atoms with Crippen molar-refractivity contribution >= 4 is 33.7 Å². The number of carbonyl (C=O) groups is 1. The van der Waals surface area contributed by atoms with Crippen LogP contribution in [0.25, 0.3) is 21.5 Å². The summed E-state index contributed by atoms with van der Waals surface area (Å²) in [5, 5.41) is 10.6. The van der Waals surface area contributed by atoms with E-state index < -0.39 is 0 Å². The van der Waals surface area contributed by atoms with Crippen molar-refractivity contribution in [2.45, 2.75) is 6.42 Å². The van der Waals surface area contributed by atoms with Crippen LogP contribution in [0.4, 0.5) is 5.82 Å². The minimum atomic E-state index is 0.00248. The van der Waals surface area contributed by atoms with Crippen molar-refractivity contribution in [2.75, 3.05) is 38.1 Å². The highest BCUT2D eigenvalue weighted by molar-refractivity contribution is 7.12. The highest BCUT2D eigenvalue weighted by Crippen LogP contribution is 2.23. The van der Waals surface area contributed by atoms with Gasteiger partial charge in [0.15, 0.2) is 10.8 Å². The number of hydrogen-bond acceptors (Lipinski definition) is 9. The van der Waals surface area contributed by atoms with Crippen molar-refractivity contribution in [1.82, 2.24) is 30.0 Å². The molecule has 156 valence electrons. The Morgan fingerprint density at radius 1 is 1.00 bits per heavy atom. The first-order valence-electron chi connectivity index (χ1n) is 10.1. The van der Waals surface area contributed by atoms with Crippen LogP contribution in [-0.4, -0.2) is 69.1 Å². The van der Waals surface area contributed by atoms with Crippen LogP contribution in [0.3, 0.4) is 0 Å². The maximum atomic E-state index is 12.8. The van der Waals surface area contributed by atoms with Crippen LogP contribution in [0.2, 0.25) is 0 Å². The van der Waals surface area contributed by atoms with E-state index in [4.69, 9.17) is 0 Å². The number of piperazine rings is 1. The Morgan fingerprint density at radius 3 is 2.58 bits per heavy atom. The van der Waals surface area contributed by atoms with E-state index in [9.17, 15) is 4.79 Å². The van der Waals surface area contributed by atoms with Crippen LogP contribution < -0.4 is 4.90 Å². The molecule has 5 heterocycles. The van der Waals surface area contributed by atoms with Crippen LogP contribution in [-0.2, 0) is 6.42 Å². The van der Waals surface area contributed by atoms with E-state index in [1.807, 2.05) is 24.3 Å². The second-order valence-electron chi connectivity index (χ2n) is 7.63. The summed E-state index contributed by atoms with van der Waals surface area (Å²) in [4.78, 5) is 30.8. The molecule has 1 saturated heterocycles. The number of fused-ring (bicyclic) bond motifs is 1. The quantitative estimate of drug-likeness (QED) is 0.446. The molecule has 0 saturated carbocycles. The fourth-order valence-electron chi connectivity index (χ4n) is 3.62. The lowest BCUT2D eigenvalue weighted by Gasteiger charge is -2.33. The molecule has 1 aliphatic heterocycles. The molecule has 31 heavy (non-hydrogen) atoms. The van der Waals surface area contributed by atoms with E-state index in [0.717, 1.165) is 59.2 Å². The van der Waals surface area contributed by atoms with Crippen molar-refractivity contribution in [3.05, 3.63) is 59.6 Å². The molecule has 4 aromatic rings. The zero-order valence-electron chi connectivity index (χ0n) is 17.1. The summed E-state index contributed by atoms with van der Waals surface area (Å²) < 4.78 is 0. The fraction of sp³-hybridized carbons (Fsp3) is 0.273. The molecule has 0 spiro atoms. The van der Waals surface area contributed by atoms with Crippen LogP contribution in [0.5, 0.6) is 0 Å². The van der Waals surface area contributed by atoms with Crippen molar-refractivity contribution in [3.63, 3.8) is 0 Å². The van der Waals surface area contributed by atoms with Gasteiger partial charge in [0.05, 0.1) is 6.42 Å². The molecule has 0 N–H and O–H groups in total. The standard InChI is InChI=1S/C22H21N7OS/c1-28-4-6-29(7-5-28)21-3-2-15(11-25-21)20(30)10-18-8-16-9-19(22-27-26-14-31-22)24-13-17(16)12-23-18/h2-3,8-9,11-14H,4-7,10H2,1H3. The second kappa shape index (κ2) is 8.44. The van der Waals surface area contributed by atoms with Crippen molar-refractivity contribution in [2.24, 2.45) is 0 Å². The lowest BCUT2D eigenvalue weighted by Crippen LogP contribution is -2.44. The summed E-state index contributed by atoms with van der Waals surface area (Å²) in [5.74, 6) is 0.924. The van der Waals surface area contributed by atoms with Crippen molar-refractivity contribution in [1.29, 1.82) is 0 Å². The van der Waals surface area contributed by atoms with Crippen molar-refractivity contribution < 1.29 is 4.79 Å². The summed E-state index contributed by atoms with van der Waals surface area (Å²) >= 11 is 1.44. The Kier molecular flexibility index (Phi) is 5.35. The number of Topliss-reactive ketones (excluding diaryl/α,β-unsaturated/α-hetero) is 1. The number of anilines is 1. The molecule has 8 nitrogen and oxygen atoms in total. The summed E-state index contributed by atoms with van der Waals surface area (Å²) in [5.41, 5.74) is 3.77. The Bertz CT molecular complexity index is 1200. The SMILES string of the molecule is CN1CCN(c2ccc(C(=O)Cc3cc4cc(-c5nncs5)ncc4cn3)cn2)CC1. The Morgan fingerprint density at radius 2 is 1.84 bits per heavy atom. The summed E-state index contributed by atoms with van der Waals surface area (Å²) in [6, 6.07) is 7.69. The van der Waals surface area contributed by atoms with E-state index in [-0.39, 0.29) is 12.2 Å². The minimum absolute atomic E-state index is 0.00248. The molecule has 0 unspecified atom stereocenters. The van der Waals surface area contributed by atoms with Crippen LogP contribution in [0.15, 0.2) is 48.4 Å². The van der Waals surface area contributed by atoms with Gasteiger partial charge >= 0.3 is 0 Å². The van der Waals surface area contributed by atoms with Gasteiger partial charge in [0, 0.05) is 61.4 Å². The molecule has 0 radical (unpaired) electrons. The van der Waals surface area contributed by atoms with Crippen LogP contribution >= 0.6 is 11.3 Å². The Hall–Kier alpha value is -3.30. The van der Waals surface area contributed by atoms with Crippen molar-refractivity contribution in [3.8, 4) is 10.7 Å². The molecule has 0 amide bonds. The van der Waals surface area contributed by atoms with Crippen LogP contribution in [0, 0.1) is 0 Å². The number of likely N-dealkylation sites (N-methyl/N-ethyl adjacent to an activating group) is 1. The average molecular weight is 432 g/mol. The van der Waals surface area contributed by atoms with Gasteiger partial charge in [-0.15, -0.1) is 10.2 Å².